The van der Waals surface area contributed by atoms with Gasteiger partial charge in [0.05, 0.1) is 9.82 Å². The molecular weight excluding hydrogens is 318 g/mol. The maximum absolute atomic E-state index is 12.3. The van der Waals surface area contributed by atoms with Gasteiger partial charge in [-0.05, 0) is 19.1 Å². The molecule has 0 radical (unpaired) electrons. The normalized spacial score (nSPS) is 11.1. The number of sulfonamides is 1. The molecule has 0 atom stereocenters. The van der Waals surface area contributed by atoms with E-state index in [4.69, 9.17) is 11.6 Å². The Morgan fingerprint density at radius 2 is 2.05 bits per heavy atom. The Balaban J connectivity index is 2.45. The average molecular weight is 328 g/mol. The van der Waals surface area contributed by atoms with E-state index in [1.54, 1.807) is 0 Å². The van der Waals surface area contributed by atoms with Crippen LogP contribution in [-0.2, 0) is 10.0 Å². The number of halogens is 1. The van der Waals surface area contributed by atoms with Crippen LogP contribution in [0, 0.1) is 17.0 Å². The molecule has 0 saturated heterocycles. The molecule has 1 aromatic heterocycles. The molecule has 0 aliphatic rings. The van der Waals surface area contributed by atoms with Crippen LogP contribution in [0.2, 0.25) is 5.02 Å². The van der Waals surface area contributed by atoms with Gasteiger partial charge in [-0.25, -0.2) is 13.4 Å². The van der Waals surface area contributed by atoms with Gasteiger partial charge in [-0.3, -0.25) is 14.8 Å². The molecule has 0 bridgehead atoms. The Morgan fingerprint density at radius 1 is 1.33 bits per heavy atom. The number of aromatic nitrogens is 1. The number of pyridine rings is 1. The smallest absolute Gasteiger partial charge is 0.263 e. The average Bonchev–Trinajstić information content (AvgIpc) is 2.37. The molecule has 0 aliphatic carbocycles. The predicted molar refractivity (Wildman–Crippen MR) is 77.9 cm³/mol. The van der Waals surface area contributed by atoms with Crippen molar-refractivity contribution >= 4 is 33.1 Å². The number of nitrogens with one attached hydrogen (secondary N) is 1. The van der Waals surface area contributed by atoms with Gasteiger partial charge in [0.15, 0.2) is 0 Å². The molecule has 0 fully saturated rings. The van der Waals surface area contributed by atoms with Crippen molar-refractivity contribution in [2.75, 3.05) is 4.72 Å². The van der Waals surface area contributed by atoms with Crippen LogP contribution in [0.3, 0.4) is 0 Å². The summed E-state index contributed by atoms with van der Waals surface area (Å²) in [5.74, 6) is 0.0356. The Kier molecular flexibility index (Phi) is 4.10. The standard InChI is InChI=1S/C12H10ClN3O4S/c1-8-10(16(17)18)3-2-4-11(8)21(19,20)15-12-7-9(13)5-6-14-12/h2-7H,1H3,(H,14,15). The van der Waals surface area contributed by atoms with Crippen molar-refractivity contribution in [3.05, 3.63) is 57.2 Å². The van der Waals surface area contributed by atoms with E-state index in [0.717, 1.165) is 0 Å². The third-order valence-corrected chi connectivity index (χ3v) is 4.44. The van der Waals surface area contributed by atoms with Gasteiger partial charge in [-0.15, -0.1) is 0 Å². The Bertz CT molecular complexity index is 808. The predicted octanol–water partition coefficient (Wildman–Crippen LogP) is 2.75. The molecule has 0 aliphatic heterocycles. The van der Waals surface area contributed by atoms with E-state index >= 15 is 0 Å². The molecule has 110 valence electrons. The van der Waals surface area contributed by atoms with Crippen LogP contribution in [0.25, 0.3) is 0 Å². The highest BCUT2D eigenvalue weighted by Gasteiger charge is 2.23. The van der Waals surface area contributed by atoms with Gasteiger partial charge in [0, 0.05) is 28.9 Å². The second kappa shape index (κ2) is 5.66. The van der Waals surface area contributed by atoms with Gasteiger partial charge in [0.25, 0.3) is 15.7 Å². The molecule has 1 N–H and O–H groups in total. The van der Waals surface area contributed by atoms with Crippen LogP contribution in [0.1, 0.15) is 5.56 Å². The molecule has 0 unspecified atom stereocenters. The molecule has 9 heteroatoms. The summed E-state index contributed by atoms with van der Waals surface area (Å²) in [6.45, 7) is 1.37. The second-order valence-electron chi connectivity index (χ2n) is 4.12. The number of nitrogens with zero attached hydrogens (tertiary/aromatic N) is 2. The maximum atomic E-state index is 12.3. The molecule has 1 heterocycles. The number of nitro groups is 1. The molecule has 21 heavy (non-hydrogen) atoms. The van der Waals surface area contributed by atoms with E-state index in [2.05, 4.69) is 9.71 Å². The fourth-order valence-electron chi connectivity index (χ4n) is 1.75. The highest BCUT2D eigenvalue weighted by Crippen LogP contribution is 2.26. The lowest BCUT2D eigenvalue weighted by molar-refractivity contribution is -0.385. The molecular formula is C12H10ClN3O4S. The molecule has 1 aromatic carbocycles. The summed E-state index contributed by atoms with van der Waals surface area (Å²) >= 11 is 5.75. The van der Waals surface area contributed by atoms with Crippen LogP contribution in [-0.4, -0.2) is 18.3 Å². The number of nitro benzene ring substituents is 1. The van der Waals surface area contributed by atoms with E-state index < -0.39 is 14.9 Å². The van der Waals surface area contributed by atoms with Gasteiger partial charge >= 0.3 is 0 Å². The van der Waals surface area contributed by atoms with Gasteiger partial charge in [-0.1, -0.05) is 17.7 Å². The highest BCUT2D eigenvalue weighted by molar-refractivity contribution is 7.92. The van der Waals surface area contributed by atoms with Crippen LogP contribution in [0.5, 0.6) is 0 Å². The summed E-state index contributed by atoms with van der Waals surface area (Å²) in [4.78, 5) is 13.9. The summed E-state index contributed by atoms with van der Waals surface area (Å²) in [5, 5.41) is 11.2. The molecule has 0 spiro atoms. The quantitative estimate of drug-likeness (QED) is 0.687. The lowest BCUT2D eigenvalue weighted by Crippen LogP contribution is -2.15. The van der Waals surface area contributed by atoms with Crippen molar-refractivity contribution in [2.24, 2.45) is 0 Å². The van der Waals surface area contributed by atoms with Crippen LogP contribution >= 0.6 is 11.6 Å². The monoisotopic (exact) mass is 327 g/mol. The zero-order chi connectivity index (χ0) is 15.6. The molecule has 0 saturated carbocycles. The van der Waals surface area contributed by atoms with Crippen molar-refractivity contribution in [2.45, 2.75) is 11.8 Å². The SMILES string of the molecule is Cc1c([N+](=O)[O-])cccc1S(=O)(=O)Nc1cc(Cl)ccn1. The molecule has 2 rings (SSSR count). The first-order chi connectivity index (χ1) is 9.81. The van der Waals surface area contributed by atoms with Crippen molar-refractivity contribution in [1.29, 1.82) is 0 Å². The summed E-state index contributed by atoms with van der Waals surface area (Å²) in [6.07, 6.45) is 1.35. The van der Waals surface area contributed by atoms with Gasteiger partial charge in [0.2, 0.25) is 0 Å². The third-order valence-electron chi connectivity index (χ3n) is 2.70. The summed E-state index contributed by atoms with van der Waals surface area (Å²) in [5.41, 5.74) is -0.214. The Hall–Kier alpha value is -2.19. The first-order valence-corrected chi connectivity index (χ1v) is 7.56. The molecule has 0 amide bonds. The van der Waals surface area contributed by atoms with Crippen molar-refractivity contribution in [3.8, 4) is 0 Å². The minimum absolute atomic E-state index is 0.0356. The highest BCUT2D eigenvalue weighted by atomic mass is 35.5. The van der Waals surface area contributed by atoms with E-state index in [-0.39, 0.29) is 22.0 Å². The Morgan fingerprint density at radius 3 is 2.67 bits per heavy atom. The fourth-order valence-corrected chi connectivity index (χ4v) is 3.17. The number of anilines is 1. The van der Waals surface area contributed by atoms with Crippen LogP contribution in [0.15, 0.2) is 41.4 Å². The van der Waals surface area contributed by atoms with Crippen LogP contribution < -0.4 is 4.72 Å². The first-order valence-electron chi connectivity index (χ1n) is 5.69. The number of hydrogen-bond acceptors (Lipinski definition) is 5. The van der Waals surface area contributed by atoms with E-state index in [1.165, 1.54) is 43.5 Å². The molecule has 7 nitrogen and oxygen atoms in total. The zero-order valence-electron chi connectivity index (χ0n) is 10.8. The van der Waals surface area contributed by atoms with Crippen LogP contribution in [0.4, 0.5) is 11.5 Å². The Labute approximate surface area is 125 Å². The number of hydrogen-bond donors (Lipinski definition) is 1. The third kappa shape index (κ3) is 3.29. The van der Waals surface area contributed by atoms with Gasteiger partial charge < -0.3 is 0 Å². The zero-order valence-corrected chi connectivity index (χ0v) is 12.4. The van der Waals surface area contributed by atoms with E-state index in [1.807, 2.05) is 0 Å². The van der Waals surface area contributed by atoms with E-state index in [0.29, 0.717) is 5.02 Å². The fraction of sp³-hybridized carbons (Fsp3) is 0.0833. The summed E-state index contributed by atoms with van der Waals surface area (Å²) < 4.78 is 26.8. The molecule has 2 aromatic rings. The number of benzene rings is 1. The summed E-state index contributed by atoms with van der Waals surface area (Å²) in [6, 6.07) is 6.68. The van der Waals surface area contributed by atoms with E-state index in [9.17, 15) is 18.5 Å². The van der Waals surface area contributed by atoms with Crippen molar-refractivity contribution in [3.63, 3.8) is 0 Å². The summed E-state index contributed by atoms with van der Waals surface area (Å²) in [7, 11) is -3.99. The van der Waals surface area contributed by atoms with Gasteiger partial charge in [-0.2, -0.15) is 0 Å². The largest absolute Gasteiger partial charge is 0.273 e. The topological polar surface area (TPSA) is 102 Å². The maximum Gasteiger partial charge on any atom is 0.273 e. The second-order valence-corrected chi connectivity index (χ2v) is 6.21. The van der Waals surface area contributed by atoms with Crippen molar-refractivity contribution < 1.29 is 13.3 Å². The minimum atomic E-state index is -3.99. The lowest BCUT2D eigenvalue weighted by atomic mass is 10.2. The minimum Gasteiger partial charge on any atom is -0.263 e. The van der Waals surface area contributed by atoms with Crippen molar-refractivity contribution in [1.82, 2.24) is 4.98 Å². The lowest BCUT2D eigenvalue weighted by Gasteiger charge is -2.09. The van der Waals surface area contributed by atoms with Gasteiger partial charge in [0.1, 0.15) is 5.82 Å². The first kappa shape index (κ1) is 15.2. The number of rotatable bonds is 4.